The fourth-order valence-electron chi connectivity index (χ4n) is 3.41. The van der Waals surface area contributed by atoms with Crippen LogP contribution in [-0.2, 0) is 4.79 Å². The molecule has 2 N–H and O–H groups in total. The van der Waals surface area contributed by atoms with E-state index in [1.807, 2.05) is 4.90 Å². The number of hydrogen-bond donors (Lipinski definition) is 1. The van der Waals surface area contributed by atoms with Gasteiger partial charge in [-0.15, -0.1) is 0 Å². The molecule has 2 fully saturated rings. The zero-order chi connectivity index (χ0) is 16.1. The average molecular weight is 308 g/mol. The minimum atomic E-state index is -0.459. The summed E-state index contributed by atoms with van der Waals surface area (Å²) in [5.41, 5.74) is 6.31. The van der Waals surface area contributed by atoms with Crippen LogP contribution >= 0.6 is 0 Å². The van der Waals surface area contributed by atoms with E-state index < -0.39 is 11.6 Å². The summed E-state index contributed by atoms with van der Waals surface area (Å²) in [6.07, 6.45) is 1.38. The molecular weight excluding hydrogens is 286 g/mol. The van der Waals surface area contributed by atoms with E-state index in [9.17, 15) is 13.6 Å². The standard InChI is InChI=1S/C17H22F2N2O/c1-17(2)9-21(6-5-15(17)20)16(22)13-8-11(13)12-7-10(18)3-4-14(12)19/h3-4,7,11,13,15H,5-6,8-9,20H2,1-2H3. The first kappa shape index (κ1) is 15.4. The van der Waals surface area contributed by atoms with Crippen molar-refractivity contribution >= 4 is 5.91 Å². The van der Waals surface area contributed by atoms with E-state index in [1.165, 1.54) is 6.07 Å². The lowest BCUT2D eigenvalue weighted by molar-refractivity contribution is -0.136. The summed E-state index contributed by atoms with van der Waals surface area (Å²) in [7, 11) is 0. The van der Waals surface area contributed by atoms with Crippen molar-refractivity contribution in [2.75, 3.05) is 13.1 Å². The molecule has 0 spiro atoms. The van der Waals surface area contributed by atoms with Crippen molar-refractivity contribution in [3.05, 3.63) is 35.4 Å². The topological polar surface area (TPSA) is 46.3 Å². The minimum absolute atomic E-state index is 0.0497. The van der Waals surface area contributed by atoms with Crippen molar-refractivity contribution in [2.45, 2.75) is 38.6 Å². The molecule has 1 aromatic carbocycles. The number of rotatable bonds is 2. The van der Waals surface area contributed by atoms with Crippen molar-refractivity contribution in [1.29, 1.82) is 0 Å². The van der Waals surface area contributed by atoms with Crippen LogP contribution in [0.3, 0.4) is 0 Å². The van der Waals surface area contributed by atoms with Gasteiger partial charge in [-0.25, -0.2) is 8.78 Å². The molecule has 1 aliphatic heterocycles. The highest BCUT2D eigenvalue weighted by Crippen LogP contribution is 2.50. The Bertz CT molecular complexity index is 602. The molecule has 0 radical (unpaired) electrons. The Morgan fingerprint density at radius 2 is 2.09 bits per heavy atom. The summed E-state index contributed by atoms with van der Waals surface area (Å²) in [5.74, 6) is -1.25. The summed E-state index contributed by atoms with van der Waals surface area (Å²) in [6.45, 7) is 5.40. The molecule has 22 heavy (non-hydrogen) atoms. The number of amides is 1. The minimum Gasteiger partial charge on any atom is -0.342 e. The summed E-state index contributed by atoms with van der Waals surface area (Å²) in [6, 6.07) is 3.54. The third-order valence-electron chi connectivity index (χ3n) is 5.09. The highest BCUT2D eigenvalue weighted by atomic mass is 19.1. The zero-order valence-corrected chi connectivity index (χ0v) is 13.0. The van der Waals surface area contributed by atoms with Crippen molar-refractivity contribution < 1.29 is 13.6 Å². The molecule has 1 amide bonds. The Balaban J connectivity index is 1.69. The van der Waals surface area contributed by atoms with Crippen LogP contribution < -0.4 is 5.73 Å². The predicted octanol–water partition coefficient (Wildman–Crippen LogP) is 2.65. The van der Waals surface area contributed by atoms with Gasteiger partial charge in [0.15, 0.2) is 0 Å². The molecule has 1 heterocycles. The second kappa shape index (κ2) is 5.30. The fourth-order valence-corrected chi connectivity index (χ4v) is 3.41. The number of halogens is 2. The highest BCUT2D eigenvalue weighted by molar-refractivity contribution is 5.83. The number of carbonyl (C=O) groups is 1. The van der Waals surface area contributed by atoms with E-state index in [2.05, 4.69) is 13.8 Å². The van der Waals surface area contributed by atoms with Gasteiger partial charge in [0.1, 0.15) is 11.6 Å². The lowest BCUT2D eigenvalue weighted by Crippen LogP contribution is -2.54. The number of nitrogens with zero attached hydrogens (tertiary/aromatic N) is 1. The summed E-state index contributed by atoms with van der Waals surface area (Å²) < 4.78 is 27.1. The molecule has 120 valence electrons. The van der Waals surface area contributed by atoms with Crippen molar-refractivity contribution in [3.63, 3.8) is 0 Å². The lowest BCUT2D eigenvalue weighted by Gasteiger charge is -2.42. The van der Waals surface area contributed by atoms with Gasteiger partial charge < -0.3 is 10.6 Å². The smallest absolute Gasteiger partial charge is 0.226 e. The molecule has 3 rings (SSSR count). The van der Waals surface area contributed by atoms with Crippen LogP contribution in [0.1, 0.15) is 38.2 Å². The molecule has 1 aliphatic carbocycles. The van der Waals surface area contributed by atoms with Gasteiger partial charge in [0.2, 0.25) is 5.91 Å². The molecule has 0 aromatic heterocycles. The Labute approximate surface area is 129 Å². The van der Waals surface area contributed by atoms with Crippen LogP contribution in [0.15, 0.2) is 18.2 Å². The van der Waals surface area contributed by atoms with Crippen molar-refractivity contribution in [3.8, 4) is 0 Å². The number of benzene rings is 1. The Morgan fingerprint density at radius 1 is 1.36 bits per heavy atom. The lowest BCUT2D eigenvalue weighted by atomic mass is 9.79. The maximum atomic E-state index is 13.8. The third kappa shape index (κ3) is 2.74. The van der Waals surface area contributed by atoms with Gasteiger partial charge >= 0.3 is 0 Å². The normalized spacial score (nSPS) is 30.2. The molecular formula is C17H22F2N2O. The van der Waals surface area contributed by atoms with Crippen molar-refractivity contribution in [1.82, 2.24) is 4.90 Å². The number of hydrogen-bond acceptors (Lipinski definition) is 2. The maximum Gasteiger partial charge on any atom is 0.226 e. The van der Waals surface area contributed by atoms with Crippen LogP contribution in [0.5, 0.6) is 0 Å². The van der Waals surface area contributed by atoms with Gasteiger partial charge in [-0.3, -0.25) is 4.79 Å². The van der Waals surface area contributed by atoms with E-state index in [0.29, 0.717) is 25.1 Å². The Kier molecular flexibility index (Phi) is 3.71. The second-order valence-corrected chi connectivity index (χ2v) is 7.26. The number of nitrogens with two attached hydrogens (primary N) is 1. The van der Waals surface area contributed by atoms with Crippen molar-refractivity contribution in [2.24, 2.45) is 17.1 Å². The molecule has 1 saturated carbocycles. The highest BCUT2D eigenvalue weighted by Gasteiger charge is 2.48. The van der Waals surface area contributed by atoms with Crippen LogP contribution in [0, 0.1) is 23.0 Å². The number of piperidine rings is 1. The summed E-state index contributed by atoms with van der Waals surface area (Å²) >= 11 is 0. The van der Waals surface area contributed by atoms with E-state index in [4.69, 9.17) is 5.73 Å². The van der Waals surface area contributed by atoms with Gasteiger partial charge in [-0.2, -0.15) is 0 Å². The van der Waals surface area contributed by atoms with E-state index in [0.717, 1.165) is 18.6 Å². The molecule has 2 aliphatic rings. The first-order valence-corrected chi connectivity index (χ1v) is 7.79. The van der Waals surface area contributed by atoms with Gasteiger partial charge in [-0.05, 0) is 47.9 Å². The third-order valence-corrected chi connectivity index (χ3v) is 5.09. The van der Waals surface area contributed by atoms with Crippen LogP contribution in [0.2, 0.25) is 0 Å². The first-order valence-electron chi connectivity index (χ1n) is 7.79. The average Bonchev–Trinajstić information content (AvgIpc) is 3.24. The molecule has 5 heteroatoms. The van der Waals surface area contributed by atoms with Crippen LogP contribution in [0.25, 0.3) is 0 Å². The number of likely N-dealkylation sites (tertiary alicyclic amines) is 1. The Hall–Kier alpha value is -1.49. The summed E-state index contributed by atoms with van der Waals surface area (Å²) in [4.78, 5) is 14.4. The molecule has 3 unspecified atom stereocenters. The molecule has 3 nitrogen and oxygen atoms in total. The SMILES string of the molecule is CC1(C)CN(C(=O)C2CC2c2cc(F)ccc2F)CCC1N. The zero-order valence-electron chi connectivity index (χ0n) is 13.0. The van der Waals surface area contributed by atoms with Gasteiger partial charge in [-0.1, -0.05) is 13.8 Å². The monoisotopic (exact) mass is 308 g/mol. The largest absolute Gasteiger partial charge is 0.342 e. The second-order valence-electron chi connectivity index (χ2n) is 7.26. The molecule has 3 atom stereocenters. The molecule has 0 bridgehead atoms. The van der Waals surface area contributed by atoms with Gasteiger partial charge in [0.05, 0.1) is 0 Å². The maximum absolute atomic E-state index is 13.8. The first-order chi connectivity index (χ1) is 10.3. The predicted molar refractivity (Wildman–Crippen MR) is 80.2 cm³/mol. The Morgan fingerprint density at radius 3 is 2.77 bits per heavy atom. The quantitative estimate of drug-likeness (QED) is 0.913. The molecule has 1 saturated heterocycles. The van der Waals surface area contributed by atoms with E-state index >= 15 is 0 Å². The molecule has 1 aromatic rings. The number of carbonyl (C=O) groups excluding carboxylic acids is 1. The van der Waals surface area contributed by atoms with Gasteiger partial charge in [0.25, 0.3) is 0 Å². The fraction of sp³-hybridized carbons (Fsp3) is 0.588. The van der Waals surface area contributed by atoms with Crippen LogP contribution in [-0.4, -0.2) is 29.9 Å². The van der Waals surface area contributed by atoms with Gasteiger partial charge in [0, 0.05) is 25.0 Å². The van der Waals surface area contributed by atoms with Crippen LogP contribution in [0.4, 0.5) is 8.78 Å². The van der Waals surface area contributed by atoms with E-state index in [1.54, 1.807) is 0 Å². The van der Waals surface area contributed by atoms with E-state index in [-0.39, 0.29) is 29.2 Å². The summed E-state index contributed by atoms with van der Waals surface area (Å²) in [5, 5.41) is 0.